The number of aryl methyl sites for hydroxylation is 1. The summed E-state index contributed by atoms with van der Waals surface area (Å²) in [4.78, 5) is 22.3. The fourth-order valence-electron chi connectivity index (χ4n) is 1.43. The minimum Gasteiger partial charge on any atom is -0.452 e. The molecule has 82 valence electrons. The normalized spacial score (nSPS) is 9.87. The van der Waals surface area contributed by atoms with E-state index in [9.17, 15) is 9.59 Å². The van der Waals surface area contributed by atoms with E-state index < -0.39 is 6.09 Å². The van der Waals surface area contributed by atoms with Gasteiger partial charge in [0, 0.05) is 17.0 Å². The minimum absolute atomic E-state index is 0.0268. The number of ketones is 1. The second-order valence-electron chi connectivity index (χ2n) is 3.28. The van der Waals surface area contributed by atoms with Crippen molar-refractivity contribution < 1.29 is 14.3 Å². The van der Waals surface area contributed by atoms with Crippen LogP contribution in [0.3, 0.4) is 0 Å². The van der Waals surface area contributed by atoms with E-state index in [2.05, 4.69) is 10.2 Å². The molecule has 0 saturated heterocycles. The molecule has 0 aliphatic carbocycles. The van der Waals surface area contributed by atoms with E-state index in [4.69, 9.17) is 0 Å². The van der Waals surface area contributed by atoms with Crippen LogP contribution in [0.5, 0.6) is 0 Å². The highest BCUT2D eigenvalue weighted by molar-refractivity contribution is 5.95. The molecule has 1 N–H and O–H groups in total. The van der Waals surface area contributed by atoms with E-state index in [1.54, 1.807) is 19.9 Å². The summed E-state index contributed by atoms with van der Waals surface area (Å²) in [5, 5.41) is 0. The summed E-state index contributed by atoms with van der Waals surface area (Å²) in [5.41, 5.74) is 4.59. The number of ether oxygens (including phenoxy) is 1. The van der Waals surface area contributed by atoms with E-state index in [-0.39, 0.29) is 5.78 Å². The largest absolute Gasteiger partial charge is 0.452 e. The summed E-state index contributed by atoms with van der Waals surface area (Å²) in [6, 6.07) is 1.73. The maximum Gasteiger partial charge on any atom is 0.426 e. The van der Waals surface area contributed by atoms with Gasteiger partial charge in [0.15, 0.2) is 5.78 Å². The Balaban J connectivity index is 3.08. The number of hydrogen-bond acceptors (Lipinski definition) is 3. The highest BCUT2D eigenvalue weighted by atomic mass is 16.5. The quantitative estimate of drug-likeness (QED) is 0.754. The van der Waals surface area contributed by atoms with Gasteiger partial charge in [-0.3, -0.25) is 9.47 Å². The Labute approximate surface area is 88.0 Å². The maximum atomic E-state index is 11.2. The Bertz CT molecular complexity index is 407. The Kier molecular flexibility index (Phi) is 3.14. The Morgan fingerprint density at radius 2 is 2.00 bits per heavy atom. The van der Waals surface area contributed by atoms with Crippen LogP contribution in [0.2, 0.25) is 0 Å². The SMILES string of the molecule is COC(=O)Nn1c(C)cc(C(C)=O)c1C. The number of rotatable bonds is 2. The van der Waals surface area contributed by atoms with Crippen molar-refractivity contribution in [2.45, 2.75) is 20.8 Å². The van der Waals surface area contributed by atoms with Gasteiger partial charge in [0.1, 0.15) is 0 Å². The molecule has 5 heteroatoms. The van der Waals surface area contributed by atoms with Crippen molar-refractivity contribution in [2.24, 2.45) is 0 Å². The number of carbonyl (C=O) groups is 2. The van der Waals surface area contributed by atoms with Crippen LogP contribution in [-0.4, -0.2) is 23.7 Å². The number of methoxy groups -OCH3 is 1. The van der Waals surface area contributed by atoms with Crippen molar-refractivity contribution in [3.8, 4) is 0 Å². The molecule has 0 aliphatic heterocycles. The third kappa shape index (κ3) is 2.18. The molecule has 0 aliphatic rings. The fraction of sp³-hybridized carbons (Fsp3) is 0.400. The van der Waals surface area contributed by atoms with Crippen LogP contribution >= 0.6 is 0 Å². The van der Waals surface area contributed by atoms with E-state index in [1.807, 2.05) is 0 Å². The standard InChI is InChI=1S/C10H14N2O3/c1-6-5-9(8(3)13)7(2)12(6)11-10(14)15-4/h5H,1-4H3,(H,11,14). The molecule has 0 fully saturated rings. The predicted octanol–water partition coefficient (Wildman–Crippen LogP) is 1.62. The molecule has 15 heavy (non-hydrogen) atoms. The second kappa shape index (κ2) is 4.16. The van der Waals surface area contributed by atoms with Crippen molar-refractivity contribution in [3.05, 3.63) is 23.0 Å². The van der Waals surface area contributed by atoms with Crippen LogP contribution in [0.1, 0.15) is 28.7 Å². The van der Waals surface area contributed by atoms with Gasteiger partial charge in [-0.05, 0) is 26.8 Å². The van der Waals surface area contributed by atoms with Gasteiger partial charge in [-0.1, -0.05) is 0 Å². The lowest BCUT2D eigenvalue weighted by Crippen LogP contribution is -2.24. The average Bonchev–Trinajstić information content (AvgIpc) is 2.45. The van der Waals surface area contributed by atoms with Crippen LogP contribution in [0.15, 0.2) is 6.07 Å². The molecule has 0 aromatic carbocycles. The summed E-state index contributed by atoms with van der Waals surface area (Å²) >= 11 is 0. The lowest BCUT2D eigenvalue weighted by atomic mass is 10.2. The molecule has 0 saturated carbocycles. The monoisotopic (exact) mass is 210 g/mol. The zero-order chi connectivity index (χ0) is 11.6. The van der Waals surface area contributed by atoms with Crippen molar-refractivity contribution >= 4 is 11.9 Å². The first-order chi connectivity index (χ1) is 6.97. The van der Waals surface area contributed by atoms with Crippen molar-refractivity contribution in [1.82, 2.24) is 4.68 Å². The highest BCUT2D eigenvalue weighted by Crippen LogP contribution is 2.13. The number of amides is 1. The zero-order valence-electron chi connectivity index (χ0n) is 9.25. The van der Waals surface area contributed by atoms with E-state index in [0.717, 1.165) is 5.69 Å². The second-order valence-corrected chi connectivity index (χ2v) is 3.28. The fourth-order valence-corrected chi connectivity index (χ4v) is 1.43. The van der Waals surface area contributed by atoms with Crippen LogP contribution in [0.4, 0.5) is 4.79 Å². The summed E-state index contributed by atoms with van der Waals surface area (Å²) in [6.45, 7) is 5.05. The highest BCUT2D eigenvalue weighted by Gasteiger charge is 2.13. The number of nitrogens with zero attached hydrogens (tertiary/aromatic N) is 1. The first-order valence-electron chi connectivity index (χ1n) is 4.52. The van der Waals surface area contributed by atoms with Gasteiger partial charge in [0.25, 0.3) is 0 Å². The number of hydrogen-bond donors (Lipinski definition) is 1. The van der Waals surface area contributed by atoms with Gasteiger partial charge in [-0.2, -0.15) is 0 Å². The van der Waals surface area contributed by atoms with Crippen molar-refractivity contribution in [3.63, 3.8) is 0 Å². The van der Waals surface area contributed by atoms with Crippen molar-refractivity contribution in [1.29, 1.82) is 0 Å². The molecule has 0 unspecified atom stereocenters. The van der Waals surface area contributed by atoms with E-state index >= 15 is 0 Å². The van der Waals surface area contributed by atoms with Crippen LogP contribution in [0, 0.1) is 13.8 Å². The van der Waals surface area contributed by atoms with Gasteiger partial charge in [0.05, 0.1) is 7.11 Å². The van der Waals surface area contributed by atoms with Gasteiger partial charge in [-0.15, -0.1) is 0 Å². The molecule has 1 aromatic rings. The van der Waals surface area contributed by atoms with Gasteiger partial charge in [-0.25, -0.2) is 10.2 Å². The maximum absolute atomic E-state index is 11.2. The van der Waals surface area contributed by atoms with Gasteiger partial charge in [0.2, 0.25) is 0 Å². The third-order valence-corrected chi connectivity index (χ3v) is 2.20. The summed E-state index contributed by atoms with van der Waals surface area (Å²) < 4.78 is 6.01. The number of Topliss-reactive ketones (excluding diaryl/α,β-unsaturated/α-hetero) is 1. The Hall–Kier alpha value is -1.78. The predicted molar refractivity (Wildman–Crippen MR) is 55.7 cm³/mol. The lowest BCUT2D eigenvalue weighted by Gasteiger charge is -2.09. The smallest absolute Gasteiger partial charge is 0.426 e. The minimum atomic E-state index is -0.563. The lowest BCUT2D eigenvalue weighted by molar-refractivity contribution is 0.101. The molecule has 0 radical (unpaired) electrons. The average molecular weight is 210 g/mol. The number of aromatic nitrogens is 1. The van der Waals surface area contributed by atoms with Crippen molar-refractivity contribution in [2.75, 3.05) is 12.5 Å². The molecule has 1 rings (SSSR count). The Morgan fingerprint density at radius 3 is 2.40 bits per heavy atom. The molecule has 0 atom stereocenters. The molecule has 0 bridgehead atoms. The molecule has 5 nitrogen and oxygen atoms in total. The van der Waals surface area contributed by atoms with Crippen LogP contribution < -0.4 is 5.43 Å². The first-order valence-corrected chi connectivity index (χ1v) is 4.52. The van der Waals surface area contributed by atoms with Gasteiger partial charge >= 0.3 is 6.09 Å². The molecular formula is C10H14N2O3. The molecule has 1 amide bonds. The van der Waals surface area contributed by atoms with Crippen LogP contribution in [-0.2, 0) is 4.74 Å². The van der Waals surface area contributed by atoms with Gasteiger partial charge < -0.3 is 4.74 Å². The molecule has 1 aromatic heterocycles. The molecule has 0 spiro atoms. The number of nitrogens with one attached hydrogen (secondary N) is 1. The third-order valence-electron chi connectivity index (χ3n) is 2.20. The Morgan fingerprint density at radius 1 is 1.40 bits per heavy atom. The topological polar surface area (TPSA) is 60.3 Å². The van der Waals surface area contributed by atoms with E-state index in [1.165, 1.54) is 18.7 Å². The first kappa shape index (κ1) is 11.3. The van der Waals surface area contributed by atoms with E-state index in [0.29, 0.717) is 11.3 Å². The zero-order valence-corrected chi connectivity index (χ0v) is 9.25. The number of carbonyl (C=O) groups excluding carboxylic acids is 2. The molecular weight excluding hydrogens is 196 g/mol. The summed E-state index contributed by atoms with van der Waals surface area (Å²) in [6.07, 6.45) is -0.563. The summed E-state index contributed by atoms with van der Waals surface area (Å²) in [7, 11) is 1.29. The van der Waals surface area contributed by atoms with Crippen LogP contribution in [0.25, 0.3) is 0 Å². The summed E-state index contributed by atoms with van der Waals surface area (Å²) in [5.74, 6) is -0.0268. The molecule has 1 heterocycles.